The maximum Gasteiger partial charge on any atom is 0.341 e. The highest BCUT2D eigenvalue weighted by molar-refractivity contribution is 7.89. The van der Waals surface area contributed by atoms with Gasteiger partial charge in [-0.25, -0.2) is 13.2 Å². The second-order valence-corrected chi connectivity index (χ2v) is 12.6. The number of rotatable bonds is 13. The van der Waals surface area contributed by atoms with Crippen LogP contribution in [-0.2, 0) is 43.7 Å². The summed E-state index contributed by atoms with van der Waals surface area (Å²) in [6.07, 6.45) is 0.661. The Kier molecular flexibility index (Phi) is 10.6. The summed E-state index contributed by atoms with van der Waals surface area (Å²) in [7, 11) is 0.513. The fourth-order valence-electron chi connectivity index (χ4n) is 4.68. The summed E-state index contributed by atoms with van der Waals surface area (Å²) < 4.78 is 42.8. The Bertz CT molecular complexity index is 1430. The molecular weight excluding hydrogens is 566 g/mol. The molecule has 41 heavy (non-hydrogen) atoms. The first-order chi connectivity index (χ1) is 19.8. The van der Waals surface area contributed by atoms with Crippen molar-refractivity contribution in [2.24, 2.45) is 0 Å². The number of carbonyl (C=O) groups is 2. The Morgan fingerprint density at radius 3 is 2.24 bits per heavy atom. The van der Waals surface area contributed by atoms with Gasteiger partial charge in [-0.05, 0) is 41.8 Å². The molecule has 1 amide bonds. The summed E-state index contributed by atoms with van der Waals surface area (Å²) >= 11 is 1.37. The molecule has 1 aromatic heterocycles. The number of methoxy groups -OCH3 is 3. The molecule has 1 N–H and O–H groups in total. The molecule has 1 aliphatic heterocycles. The molecule has 10 nitrogen and oxygen atoms in total. The van der Waals surface area contributed by atoms with Crippen LogP contribution in [0.25, 0.3) is 0 Å². The third kappa shape index (κ3) is 7.39. The van der Waals surface area contributed by atoms with Crippen molar-refractivity contribution in [3.05, 3.63) is 81.7 Å². The van der Waals surface area contributed by atoms with Crippen LogP contribution in [0.2, 0.25) is 0 Å². The number of esters is 1. The molecule has 4 rings (SSSR count). The van der Waals surface area contributed by atoms with E-state index >= 15 is 0 Å². The highest BCUT2D eigenvalue weighted by atomic mass is 32.2. The number of hydrogen-bond donors (Lipinski definition) is 1. The second-order valence-electron chi connectivity index (χ2n) is 9.51. The van der Waals surface area contributed by atoms with E-state index in [0.29, 0.717) is 23.5 Å². The van der Waals surface area contributed by atoms with E-state index in [0.717, 1.165) is 23.5 Å². The summed E-state index contributed by atoms with van der Waals surface area (Å²) in [4.78, 5) is 29.3. The summed E-state index contributed by atoms with van der Waals surface area (Å²) in [5.74, 6) is -0.947. The maximum atomic E-state index is 13.2. The average Bonchev–Trinajstić information content (AvgIpc) is 3.34. The molecule has 0 fully saturated rings. The molecule has 0 spiro atoms. The molecule has 3 aromatic rings. The number of amides is 1. The zero-order valence-electron chi connectivity index (χ0n) is 23.4. The van der Waals surface area contributed by atoms with Crippen molar-refractivity contribution < 1.29 is 32.2 Å². The van der Waals surface area contributed by atoms with E-state index in [4.69, 9.17) is 14.2 Å². The molecule has 0 atom stereocenters. The lowest BCUT2D eigenvalue weighted by molar-refractivity contribution is 0.0600. The number of carbonyl (C=O) groups excluding carboxylic acids is 2. The summed E-state index contributed by atoms with van der Waals surface area (Å²) in [6.45, 7) is 3.04. The number of anilines is 1. The molecule has 12 heteroatoms. The van der Waals surface area contributed by atoms with Gasteiger partial charge in [0, 0.05) is 57.4 Å². The topological polar surface area (TPSA) is 114 Å². The van der Waals surface area contributed by atoms with E-state index in [-0.39, 0.29) is 36.8 Å². The minimum atomic E-state index is -3.82. The van der Waals surface area contributed by atoms with Gasteiger partial charge in [-0.2, -0.15) is 4.31 Å². The van der Waals surface area contributed by atoms with Crippen molar-refractivity contribution in [3.63, 3.8) is 0 Å². The fourth-order valence-corrected chi connectivity index (χ4v) is 7.36. The van der Waals surface area contributed by atoms with E-state index in [1.807, 2.05) is 18.2 Å². The number of thiophene rings is 1. The average molecular weight is 602 g/mol. The van der Waals surface area contributed by atoms with E-state index in [2.05, 4.69) is 22.3 Å². The molecule has 0 saturated heterocycles. The summed E-state index contributed by atoms with van der Waals surface area (Å²) in [6, 6.07) is 15.9. The molecule has 2 heterocycles. The molecule has 0 radical (unpaired) electrons. The van der Waals surface area contributed by atoms with Crippen molar-refractivity contribution in [2.75, 3.05) is 59.5 Å². The smallest absolute Gasteiger partial charge is 0.341 e. The molecule has 0 unspecified atom stereocenters. The summed E-state index contributed by atoms with van der Waals surface area (Å²) in [5, 5.41) is 3.29. The number of benzene rings is 2. The first kappa shape index (κ1) is 30.8. The van der Waals surface area contributed by atoms with Crippen LogP contribution in [0.4, 0.5) is 5.00 Å². The van der Waals surface area contributed by atoms with Crippen molar-refractivity contribution in [2.45, 2.75) is 24.4 Å². The van der Waals surface area contributed by atoms with Crippen LogP contribution in [0.3, 0.4) is 0 Å². The summed E-state index contributed by atoms with van der Waals surface area (Å²) in [5.41, 5.74) is 2.75. The quantitative estimate of drug-likeness (QED) is 0.296. The van der Waals surface area contributed by atoms with Gasteiger partial charge >= 0.3 is 5.97 Å². The van der Waals surface area contributed by atoms with Crippen LogP contribution in [-0.4, -0.2) is 83.7 Å². The fraction of sp³-hybridized carbons (Fsp3) is 0.379. The van der Waals surface area contributed by atoms with Gasteiger partial charge in [0.25, 0.3) is 5.91 Å². The van der Waals surface area contributed by atoms with Gasteiger partial charge in [-0.3, -0.25) is 9.69 Å². The Balaban J connectivity index is 1.51. The standard InChI is InChI=1S/C29H35N3O7S2/c1-37-17-15-32(16-18-38-2)41(35,36)23-11-9-22(10-12-23)27(33)30-28-26(29(34)39-3)24-13-14-31(20-25(24)40-28)19-21-7-5-4-6-8-21/h4-12H,13-20H2,1-3H3,(H,30,33). The van der Waals surface area contributed by atoms with Gasteiger partial charge in [0.05, 0.1) is 30.8 Å². The highest BCUT2D eigenvalue weighted by Gasteiger charge is 2.30. The third-order valence-electron chi connectivity index (χ3n) is 6.85. The van der Waals surface area contributed by atoms with E-state index in [1.165, 1.54) is 66.8 Å². The van der Waals surface area contributed by atoms with Crippen molar-refractivity contribution in [1.82, 2.24) is 9.21 Å². The van der Waals surface area contributed by atoms with E-state index in [1.54, 1.807) is 0 Å². The van der Waals surface area contributed by atoms with Crippen molar-refractivity contribution in [1.29, 1.82) is 0 Å². The Hall–Kier alpha value is -3.13. The Morgan fingerprint density at radius 2 is 1.63 bits per heavy atom. The van der Waals surface area contributed by atoms with Crippen molar-refractivity contribution in [3.8, 4) is 0 Å². The molecule has 0 saturated carbocycles. The minimum absolute atomic E-state index is 0.0570. The molecule has 2 aromatic carbocycles. The Morgan fingerprint density at radius 1 is 0.976 bits per heavy atom. The van der Waals surface area contributed by atoms with Crippen LogP contribution in [0, 0.1) is 0 Å². The van der Waals surface area contributed by atoms with Crippen molar-refractivity contribution >= 4 is 38.2 Å². The minimum Gasteiger partial charge on any atom is -0.465 e. The maximum absolute atomic E-state index is 13.2. The van der Waals surface area contributed by atoms with Gasteiger partial charge in [-0.1, -0.05) is 30.3 Å². The number of hydrogen-bond acceptors (Lipinski definition) is 9. The predicted molar refractivity (Wildman–Crippen MR) is 157 cm³/mol. The SMILES string of the molecule is COCCN(CCOC)S(=O)(=O)c1ccc(C(=O)Nc2sc3c(c2C(=O)OC)CCN(Cc2ccccc2)C3)cc1. The third-order valence-corrected chi connectivity index (χ3v) is 9.89. The van der Waals surface area contributed by atoms with Gasteiger partial charge in [-0.15, -0.1) is 11.3 Å². The number of nitrogens with zero attached hydrogens (tertiary/aromatic N) is 2. The normalized spacial score (nSPS) is 13.7. The van der Waals surface area contributed by atoms with Crippen LogP contribution in [0.5, 0.6) is 0 Å². The van der Waals surface area contributed by atoms with Gasteiger partial charge in [0.15, 0.2) is 0 Å². The first-order valence-electron chi connectivity index (χ1n) is 13.2. The number of nitrogens with one attached hydrogen (secondary N) is 1. The molecule has 220 valence electrons. The molecule has 0 aliphatic carbocycles. The van der Waals surface area contributed by atoms with Crippen LogP contribution in [0.15, 0.2) is 59.5 Å². The second kappa shape index (κ2) is 14.2. The monoisotopic (exact) mass is 601 g/mol. The zero-order chi connectivity index (χ0) is 29.4. The number of sulfonamides is 1. The zero-order valence-corrected chi connectivity index (χ0v) is 25.1. The van der Waals surface area contributed by atoms with E-state index in [9.17, 15) is 18.0 Å². The lowest BCUT2D eigenvalue weighted by atomic mass is 10.0. The molecule has 0 bridgehead atoms. The van der Waals surface area contributed by atoms with E-state index < -0.39 is 21.9 Å². The Labute approximate surface area is 244 Å². The van der Waals surface area contributed by atoms with Crippen LogP contribution in [0.1, 0.15) is 36.7 Å². The number of fused-ring (bicyclic) bond motifs is 1. The predicted octanol–water partition coefficient (Wildman–Crippen LogP) is 3.63. The molecule has 1 aliphatic rings. The van der Waals surface area contributed by atoms with Gasteiger partial charge in [0.1, 0.15) is 5.00 Å². The van der Waals surface area contributed by atoms with Crippen LogP contribution < -0.4 is 5.32 Å². The first-order valence-corrected chi connectivity index (χ1v) is 15.4. The lowest BCUT2D eigenvalue weighted by Crippen LogP contribution is -2.36. The number of ether oxygens (including phenoxy) is 3. The van der Waals surface area contributed by atoms with Gasteiger partial charge < -0.3 is 19.5 Å². The highest BCUT2D eigenvalue weighted by Crippen LogP contribution is 2.38. The lowest BCUT2D eigenvalue weighted by Gasteiger charge is -2.27. The van der Waals surface area contributed by atoms with Gasteiger partial charge in [0.2, 0.25) is 10.0 Å². The van der Waals surface area contributed by atoms with Crippen LogP contribution >= 0.6 is 11.3 Å². The largest absolute Gasteiger partial charge is 0.465 e. The molecular formula is C29H35N3O7S2.